The number of halogens is 1. The van der Waals surface area contributed by atoms with Crippen LogP contribution in [0, 0.1) is 6.92 Å². The van der Waals surface area contributed by atoms with E-state index in [1.165, 1.54) is 0 Å². The van der Waals surface area contributed by atoms with Crippen LogP contribution in [0.3, 0.4) is 0 Å². The number of aryl methyl sites for hydroxylation is 1. The van der Waals surface area contributed by atoms with E-state index in [0.717, 1.165) is 36.6 Å². The zero-order valence-corrected chi connectivity index (χ0v) is 12.9. The van der Waals surface area contributed by atoms with Crippen molar-refractivity contribution in [1.82, 2.24) is 9.97 Å². The van der Waals surface area contributed by atoms with Crippen LogP contribution in [0.1, 0.15) is 12.0 Å². The molecule has 0 saturated carbocycles. The van der Waals surface area contributed by atoms with Crippen LogP contribution in [0.2, 0.25) is 5.02 Å². The summed E-state index contributed by atoms with van der Waals surface area (Å²) >= 11 is 6.10. The number of methoxy groups -OCH3 is 1. The van der Waals surface area contributed by atoms with Gasteiger partial charge in [0.05, 0.1) is 0 Å². The molecule has 112 valence electrons. The zero-order chi connectivity index (χ0) is 15.1. The van der Waals surface area contributed by atoms with Crippen molar-refractivity contribution in [1.29, 1.82) is 0 Å². The summed E-state index contributed by atoms with van der Waals surface area (Å²) in [7, 11) is 1.69. The van der Waals surface area contributed by atoms with E-state index < -0.39 is 0 Å². The molecule has 0 radical (unpaired) electrons. The van der Waals surface area contributed by atoms with Gasteiger partial charge in [-0.2, -0.15) is 4.98 Å². The van der Waals surface area contributed by atoms with Gasteiger partial charge < -0.3 is 15.4 Å². The lowest BCUT2D eigenvalue weighted by Gasteiger charge is -2.09. The number of ether oxygens (including phenoxy) is 1. The van der Waals surface area contributed by atoms with Gasteiger partial charge in [0.25, 0.3) is 0 Å². The van der Waals surface area contributed by atoms with Gasteiger partial charge in [0.2, 0.25) is 5.95 Å². The van der Waals surface area contributed by atoms with Gasteiger partial charge in [-0.1, -0.05) is 17.7 Å². The zero-order valence-electron chi connectivity index (χ0n) is 12.2. The van der Waals surface area contributed by atoms with Crippen molar-refractivity contribution in [3.8, 4) is 0 Å². The number of anilines is 3. The molecule has 0 unspecified atom stereocenters. The summed E-state index contributed by atoms with van der Waals surface area (Å²) in [6.07, 6.45) is 2.64. The SMILES string of the molecule is COCCCNc1ccnc(Nc2ccc(C)c(Cl)c2)n1. The van der Waals surface area contributed by atoms with Crippen LogP contribution in [0.25, 0.3) is 0 Å². The van der Waals surface area contributed by atoms with Gasteiger partial charge in [0, 0.05) is 37.2 Å². The predicted octanol–water partition coefficient (Wildman–Crippen LogP) is 3.63. The molecule has 1 heterocycles. The molecule has 0 aliphatic heterocycles. The average Bonchev–Trinajstić information content (AvgIpc) is 2.48. The van der Waals surface area contributed by atoms with Gasteiger partial charge in [-0.25, -0.2) is 4.98 Å². The van der Waals surface area contributed by atoms with Crippen molar-refractivity contribution < 1.29 is 4.74 Å². The Morgan fingerprint density at radius 2 is 2.14 bits per heavy atom. The third-order valence-corrected chi connectivity index (χ3v) is 3.32. The smallest absolute Gasteiger partial charge is 0.229 e. The summed E-state index contributed by atoms with van der Waals surface area (Å²) in [5, 5.41) is 7.09. The van der Waals surface area contributed by atoms with Crippen LogP contribution in [-0.4, -0.2) is 30.2 Å². The largest absolute Gasteiger partial charge is 0.385 e. The predicted molar refractivity (Wildman–Crippen MR) is 86.5 cm³/mol. The number of aromatic nitrogens is 2. The highest BCUT2D eigenvalue weighted by Crippen LogP contribution is 2.22. The van der Waals surface area contributed by atoms with E-state index in [2.05, 4.69) is 20.6 Å². The Hall–Kier alpha value is -1.85. The molecule has 0 aliphatic carbocycles. The van der Waals surface area contributed by atoms with Gasteiger partial charge in [-0.05, 0) is 37.1 Å². The fourth-order valence-corrected chi connectivity index (χ4v) is 1.93. The third-order valence-electron chi connectivity index (χ3n) is 2.91. The van der Waals surface area contributed by atoms with E-state index in [9.17, 15) is 0 Å². The van der Waals surface area contributed by atoms with E-state index in [-0.39, 0.29) is 0 Å². The molecular weight excluding hydrogens is 288 g/mol. The second kappa shape index (κ2) is 7.81. The van der Waals surface area contributed by atoms with Crippen molar-refractivity contribution in [2.45, 2.75) is 13.3 Å². The first kappa shape index (κ1) is 15.5. The molecule has 2 rings (SSSR count). The van der Waals surface area contributed by atoms with Crippen molar-refractivity contribution in [3.63, 3.8) is 0 Å². The standard InChI is InChI=1S/C15H19ClN4O/c1-11-4-5-12(10-13(11)16)19-15-18-8-6-14(20-15)17-7-3-9-21-2/h4-6,8,10H,3,7,9H2,1-2H3,(H2,17,18,19,20). The van der Waals surface area contributed by atoms with Gasteiger partial charge in [-0.3, -0.25) is 0 Å². The maximum Gasteiger partial charge on any atom is 0.229 e. The Labute approximate surface area is 129 Å². The highest BCUT2D eigenvalue weighted by Gasteiger charge is 2.02. The summed E-state index contributed by atoms with van der Waals surface area (Å²) in [6.45, 7) is 3.50. The Morgan fingerprint density at radius 1 is 1.29 bits per heavy atom. The second-order valence-electron chi connectivity index (χ2n) is 4.63. The molecule has 0 atom stereocenters. The topological polar surface area (TPSA) is 59.1 Å². The van der Waals surface area contributed by atoms with Crippen LogP contribution in [0.4, 0.5) is 17.5 Å². The van der Waals surface area contributed by atoms with Crippen molar-refractivity contribution in [2.75, 3.05) is 30.9 Å². The fourth-order valence-electron chi connectivity index (χ4n) is 1.75. The minimum atomic E-state index is 0.534. The molecule has 2 N–H and O–H groups in total. The Kier molecular flexibility index (Phi) is 5.78. The van der Waals surface area contributed by atoms with E-state index in [0.29, 0.717) is 11.0 Å². The second-order valence-corrected chi connectivity index (χ2v) is 5.03. The fraction of sp³-hybridized carbons (Fsp3) is 0.333. The molecule has 2 aromatic rings. The lowest BCUT2D eigenvalue weighted by Crippen LogP contribution is -2.07. The summed E-state index contributed by atoms with van der Waals surface area (Å²) in [5.74, 6) is 1.31. The molecule has 0 bridgehead atoms. The molecule has 1 aromatic heterocycles. The lowest BCUT2D eigenvalue weighted by atomic mass is 10.2. The van der Waals surface area contributed by atoms with Crippen molar-refractivity contribution in [2.24, 2.45) is 0 Å². The number of hydrogen-bond donors (Lipinski definition) is 2. The van der Waals surface area contributed by atoms with Gasteiger partial charge >= 0.3 is 0 Å². The Balaban J connectivity index is 1.98. The lowest BCUT2D eigenvalue weighted by molar-refractivity contribution is 0.198. The van der Waals surface area contributed by atoms with E-state index in [1.807, 2.05) is 31.2 Å². The molecule has 6 heteroatoms. The number of nitrogens with zero attached hydrogens (tertiary/aromatic N) is 2. The molecule has 0 saturated heterocycles. The van der Waals surface area contributed by atoms with Crippen LogP contribution in [0.5, 0.6) is 0 Å². The van der Waals surface area contributed by atoms with Gasteiger partial charge in [0.15, 0.2) is 0 Å². The number of benzene rings is 1. The summed E-state index contributed by atoms with van der Waals surface area (Å²) in [6, 6.07) is 7.60. The monoisotopic (exact) mass is 306 g/mol. The van der Waals surface area contributed by atoms with E-state index in [1.54, 1.807) is 13.3 Å². The molecule has 5 nitrogen and oxygen atoms in total. The minimum absolute atomic E-state index is 0.534. The van der Waals surface area contributed by atoms with Crippen LogP contribution < -0.4 is 10.6 Å². The molecular formula is C15H19ClN4O. The Morgan fingerprint density at radius 3 is 2.90 bits per heavy atom. The van der Waals surface area contributed by atoms with E-state index >= 15 is 0 Å². The van der Waals surface area contributed by atoms with Gasteiger partial charge in [-0.15, -0.1) is 0 Å². The van der Waals surface area contributed by atoms with Crippen molar-refractivity contribution in [3.05, 3.63) is 41.0 Å². The van der Waals surface area contributed by atoms with Crippen LogP contribution in [0.15, 0.2) is 30.5 Å². The molecule has 21 heavy (non-hydrogen) atoms. The molecule has 0 aliphatic rings. The molecule has 1 aromatic carbocycles. The number of hydrogen-bond acceptors (Lipinski definition) is 5. The quantitative estimate of drug-likeness (QED) is 0.765. The maximum atomic E-state index is 6.10. The molecule has 0 fully saturated rings. The summed E-state index contributed by atoms with van der Waals surface area (Å²) in [4.78, 5) is 8.60. The first-order valence-corrected chi connectivity index (χ1v) is 7.16. The normalized spacial score (nSPS) is 10.4. The first-order valence-electron chi connectivity index (χ1n) is 6.78. The summed E-state index contributed by atoms with van der Waals surface area (Å²) < 4.78 is 5.01. The molecule has 0 amide bonds. The highest BCUT2D eigenvalue weighted by molar-refractivity contribution is 6.31. The van der Waals surface area contributed by atoms with Gasteiger partial charge in [0.1, 0.15) is 5.82 Å². The molecule has 0 spiro atoms. The maximum absolute atomic E-state index is 6.10. The average molecular weight is 307 g/mol. The van der Waals surface area contributed by atoms with Crippen molar-refractivity contribution >= 4 is 29.1 Å². The Bertz CT molecular complexity index is 592. The van der Waals surface area contributed by atoms with Crippen LogP contribution >= 0.6 is 11.6 Å². The third kappa shape index (κ3) is 4.88. The van der Waals surface area contributed by atoms with E-state index in [4.69, 9.17) is 16.3 Å². The highest BCUT2D eigenvalue weighted by atomic mass is 35.5. The first-order chi connectivity index (χ1) is 10.2. The van der Waals surface area contributed by atoms with Crippen LogP contribution in [-0.2, 0) is 4.74 Å². The summed E-state index contributed by atoms with van der Waals surface area (Å²) in [5.41, 5.74) is 1.90. The number of rotatable bonds is 7. The number of nitrogens with one attached hydrogen (secondary N) is 2. The minimum Gasteiger partial charge on any atom is -0.385 e.